The van der Waals surface area contributed by atoms with Crippen molar-refractivity contribution in [3.8, 4) is 0 Å². The number of carbonyl (C=O) groups is 1. The van der Waals surface area contributed by atoms with Crippen molar-refractivity contribution in [3.63, 3.8) is 0 Å². The molecule has 19 heavy (non-hydrogen) atoms. The van der Waals surface area contributed by atoms with Crippen LogP contribution >= 0.6 is 28.3 Å². The maximum absolute atomic E-state index is 12.3. The van der Waals surface area contributed by atoms with Gasteiger partial charge in [0.1, 0.15) is 0 Å². The highest BCUT2D eigenvalue weighted by atomic mass is 79.9. The number of hydrogen-bond donors (Lipinski definition) is 2. The van der Waals surface area contributed by atoms with Crippen molar-refractivity contribution in [3.05, 3.63) is 33.8 Å². The molecule has 1 aromatic rings. The first-order chi connectivity index (χ1) is 8.31. The Bertz CT molecular complexity index is 451. The van der Waals surface area contributed by atoms with Gasteiger partial charge in [-0.05, 0) is 37.5 Å². The number of rotatable bonds is 4. The Morgan fingerprint density at radius 1 is 1.47 bits per heavy atom. The van der Waals surface area contributed by atoms with Crippen LogP contribution in [-0.2, 0) is 0 Å². The standard InChI is InChI=1S/C14H21BrN2O.ClH/c1-9(2)14(4,8-16)17-13(18)11-6-5-7-12(15)10(11)3;/h5-7,9H,8,16H2,1-4H3,(H,17,18);1H. The van der Waals surface area contributed by atoms with Gasteiger partial charge in [0.05, 0.1) is 5.54 Å². The van der Waals surface area contributed by atoms with E-state index in [1.54, 1.807) is 0 Å². The maximum Gasteiger partial charge on any atom is 0.252 e. The van der Waals surface area contributed by atoms with Gasteiger partial charge in [-0.2, -0.15) is 0 Å². The fraction of sp³-hybridized carbons (Fsp3) is 0.500. The summed E-state index contributed by atoms with van der Waals surface area (Å²) in [5, 5.41) is 3.04. The quantitative estimate of drug-likeness (QED) is 0.876. The van der Waals surface area contributed by atoms with E-state index in [4.69, 9.17) is 5.73 Å². The zero-order valence-electron chi connectivity index (χ0n) is 11.8. The summed E-state index contributed by atoms with van der Waals surface area (Å²) in [6.07, 6.45) is 0. The lowest BCUT2D eigenvalue weighted by Gasteiger charge is -2.33. The third-order valence-electron chi connectivity index (χ3n) is 3.61. The predicted molar refractivity (Wildman–Crippen MR) is 85.9 cm³/mol. The van der Waals surface area contributed by atoms with Crippen molar-refractivity contribution in [2.75, 3.05) is 6.54 Å². The van der Waals surface area contributed by atoms with E-state index in [0.29, 0.717) is 12.1 Å². The number of benzene rings is 1. The average Bonchev–Trinajstić information content (AvgIpc) is 2.32. The Hall–Kier alpha value is -0.580. The summed E-state index contributed by atoms with van der Waals surface area (Å²) in [5.74, 6) is 0.203. The van der Waals surface area contributed by atoms with E-state index in [2.05, 4.69) is 35.1 Å². The van der Waals surface area contributed by atoms with Gasteiger partial charge < -0.3 is 11.1 Å². The summed E-state index contributed by atoms with van der Waals surface area (Å²) in [6.45, 7) is 8.43. The highest BCUT2D eigenvalue weighted by Gasteiger charge is 2.29. The van der Waals surface area contributed by atoms with Crippen LogP contribution in [0, 0.1) is 12.8 Å². The number of halogens is 2. The Labute approximate surface area is 129 Å². The molecule has 1 rings (SSSR count). The van der Waals surface area contributed by atoms with E-state index < -0.39 is 0 Å². The van der Waals surface area contributed by atoms with Gasteiger partial charge in [-0.15, -0.1) is 12.4 Å². The van der Waals surface area contributed by atoms with Crippen LogP contribution in [0.1, 0.15) is 36.7 Å². The van der Waals surface area contributed by atoms with Gasteiger partial charge in [0.25, 0.3) is 5.91 Å². The predicted octanol–water partition coefficient (Wildman–Crippen LogP) is 3.28. The van der Waals surface area contributed by atoms with Crippen molar-refractivity contribution in [2.24, 2.45) is 11.7 Å². The summed E-state index contributed by atoms with van der Waals surface area (Å²) in [4.78, 5) is 12.3. The summed E-state index contributed by atoms with van der Waals surface area (Å²) in [7, 11) is 0. The fourth-order valence-electron chi connectivity index (χ4n) is 1.61. The number of carbonyl (C=O) groups excluding carboxylic acids is 1. The molecule has 0 fully saturated rings. The minimum atomic E-state index is -0.383. The molecule has 3 N–H and O–H groups in total. The summed E-state index contributed by atoms with van der Waals surface area (Å²) >= 11 is 3.44. The molecular weight excluding hydrogens is 328 g/mol. The van der Waals surface area contributed by atoms with Gasteiger partial charge in [-0.1, -0.05) is 35.8 Å². The molecule has 3 nitrogen and oxygen atoms in total. The molecule has 0 radical (unpaired) electrons. The van der Waals surface area contributed by atoms with Gasteiger partial charge in [0.15, 0.2) is 0 Å². The van der Waals surface area contributed by atoms with Crippen LogP contribution < -0.4 is 11.1 Å². The largest absolute Gasteiger partial charge is 0.345 e. The fourth-order valence-corrected chi connectivity index (χ4v) is 1.98. The zero-order chi connectivity index (χ0) is 13.9. The van der Waals surface area contributed by atoms with Crippen LogP contribution in [0.25, 0.3) is 0 Å². The van der Waals surface area contributed by atoms with Gasteiger partial charge in [-0.3, -0.25) is 4.79 Å². The second-order valence-corrected chi connectivity index (χ2v) is 6.00. The Kier molecular flexibility index (Phi) is 7.05. The first-order valence-electron chi connectivity index (χ1n) is 6.09. The Morgan fingerprint density at radius 3 is 2.53 bits per heavy atom. The molecule has 0 aliphatic heterocycles. The zero-order valence-corrected chi connectivity index (χ0v) is 14.2. The first kappa shape index (κ1) is 18.4. The highest BCUT2D eigenvalue weighted by Crippen LogP contribution is 2.21. The molecule has 0 bridgehead atoms. The second-order valence-electron chi connectivity index (χ2n) is 5.14. The van der Waals surface area contributed by atoms with Crippen LogP contribution in [0.2, 0.25) is 0 Å². The molecule has 0 aliphatic rings. The van der Waals surface area contributed by atoms with Crippen LogP contribution in [-0.4, -0.2) is 18.0 Å². The van der Waals surface area contributed by atoms with Crippen LogP contribution in [0.3, 0.4) is 0 Å². The van der Waals surface area contributed by atoms with E-state index in [-0.39, 0.29) is 29.8 Å². The third kappa shape index (κ3) is 4.20. The molecule has 108 valence electrons. The molecule has 1 aromatic carbocycles. The van der Waals surface area contributed by atoms with E-state index in [0.717, 1.165) is 10.0 Å². The van der Waals surface area contributed by atoms with E-state index in [1.165, 1.54) is 0 Å². The first-order valence-corrected chi connectivity index (χ1v) is 6.89. The molecule has 0 aromatic heterocycles. The molecule has 0 saturated heterocycles. The number of hydrogen-bond acceptors (Lipinski definition) is 2. The number of nitrogens with two attached hydrogens (primary N) is 1. The van der Waals surface area contributed by atoms with Gasteiger partial charge in [0.2, 0.25) is 0 Å². The lowest BCUT2D eigenvalue weighted by molar-refractivity contribution is 0.0882. The number of nitrogens with one attached hydrogen (secondary N) is 1. The minimum Gasteiger partial charge on any atom is -0.345 e. The molecule has 1 atom stereocenters. The maximum atomic E-state index is 12.3. The average molecular weight is 350 g/mol. The van der Waals surface area contributed by atoms with Crippen LogP contribution in [0.15, 0.2) is 22.7 Å². The van der Waals surface area contributed by atoms with Crippen molar-refractivity contribution in [1.82, 2.24) is 5.32 Å². The molecule has 5 heteroatoms. The smallest absolute Gasteiger partial charge is 0.252 e. The molecular formula is C14H22BrClN2O. The summed E-state index contributed by atoms with van der Waals surface area (Å²) in [6, 6.07) is 5.62. The van der Waals surface area contributed by atoms with Crippen LogP contribution in [0.4, 0.5) is 0 Å². The SMILES string of the molecule is Cc1c(Br)cccc1C(=O)NC(C)(CN)C(C)C.Cl. The van der Waals surface area contributed by atoms with Gasteiger partial charge in [-0.25, -0.2) is 0 Å². The number of amides is 1. The van der Waals surface area contributed by atoms with E-state index in [9.17, 15) is 4.79 Å². The molecule has 1 unspecified atom stereocenters. The van der Waals surface area contributed by atoms with Crippen molar-refractivity contribution >= 4 is 34.2 Å². The van der Waals surface area contributed by atoms with Crippen molar-refractivity contribution in [2.45, 2.75) is 33.2 Å². The normalized spacial score (nSPS) is 13.6. The van der Waals surface area contributed by atoms with Gasteiger partial charge in [0, 0.05) is 16.6 Å². The molecule has 0 heterocycles. The topological polar surface area (TPSA) is 55.1 Å². The summed E-state index contributed by atoms with van der Waals surface area (Å²) < 4.78 is 0.939. The Balaban J connectivity index is 0.00000324. The monoisotopic (exact) mass is 348 g/mol. The van der Waals surface area contributed by atoms with E-state index in [1.807, 2.05) is 32.0 Å². The Morgan fingerprint density at radius 2 is 2.05 bits per heavy atom. The molecule has 0 saturated carbocycles. The molecule has 0 spiro atoms. The minimum absolute atomic E-state index is 0. The third-order valence-corrected chi connectivity index (χ3v) is 4.47. The van der Waals surface area contributed by atoms with Gasteiger partial charge >= 0.3 is 0 Å². The van der Waals surface area contributed by atoms with Crippen molar-refractivity contribution < 1.29 is 4.79 Å². The molecule has 1 amide bonds. The molecule has 0 aliphatic carbocycles. The highest BCUT2D eigenvalue weighted by molar-refractivity contribution is 9.10. The van der Waals surface area contributed by atoms with Crippen molar-refractivity contribution in [1.29, 1.82) is 0 Å². The van der Waals surface area contributed by atoms with Crippen LogP contribution in [0.5, 0.6) is 0 Å². The lowest BCUT2D eigenvalue weighted by Crippen LogP contribution is -2.55. The van der Waals surface area contributed by atoms with E-state index >= 15 is 0 Å². The summed E-state index contributed by atoms with van der Waals surface area (Å²) in [5.41, 5.74) is 7.02. The lowest BCUT2D eigenvalue weighted by atomic mass is 9.88. The second kappa shape index (κ2) is 7.27.